The predicted molar refractivity (Wildman–Crippen MR) is 79.7 cm³/mol. The van der Waals surface area contributed by atoms with E-state index in [1.807, 2.05) is 6.92 Å². The van der Waals surface area contributed by atoms with Gasteiger partial charge in [0.15, 0.2) is 0 Å². The molecular formula is C15H18ClNO4. The summed E-state index contributed by atoms with van der Waals surface area (Å²) in [5.41, 5.74) is 0.604. The zero-order valence-corrected chi connectivity index (χ0v) is 12.9. The topological polar surface area (TPSA) is 55.8 Å². The van der Waals surface area contributed by atoms with Gasteiger partial charge >= 0.3 is 5.97 Å². The molecule has 0 aliphatic carbocycles. The summed E-state index contributed by atoms with van der Waals surface area (Å²) in [5, 5.41) is 0.517. The predicted octanol–water partition coefficient (Wildman–Crippen LogP) is 2.65. The molecule has 1 atom stereocenters. The lowest BCUT2D eigenvalue weighted by molar-refractivity contribution is -0.145. The molecule has 0 spiro atoms. The molecule has 1 aliphatic heterocycles. The number of esters is 1. The minimum atomic E-state index is -0.444. The summed E-state index contributed by atoms with van der Waals surface area (Å²) in [6.07, 6.45) is 1.01. The number of ether oxygens (including phenoxy) is 2. The van der Waals surface area contributed by atoms with E-state index < -0.39 is 5.92 Å². The van der Waals surface area contributed by atoms with Crippen LogP contribution in [0.3, 0.4) is 0 Å². The molecule has 1 aromatic carbocycles. The van der Waals surface area contributed by atoms with Crippen molar-refractivity contribution in [2.24, 2.45) is 5.92 Å². The molecule has 114 valence electrons. The number of amides is 1. The van der Waals surface area contributed by atoms with Crippen molar-refractivity contribution in [1.82, 2.24) is 0 Å². The molecule has 0 N–H and O–H groups in total. The number of halogens is 1. The Kier molecular flexibility index (Phi) is 5.07. The van der Waals surface area contributed by atoms with E-state index in [0.717, 1.165) is 6.42 Å². The van der Waals surface area contributed by atoms with Crippen molar-refractivity contribution >= 4 is 29.2 Å². The molecule has 1 amide bonds. The summed E-state index contributed by atoms with van der Waals surface area (Å²) in [6.45, 7) is 2.84. The number of methoxy groups -OCH3 is 1. The minimum absolute atomic E-state index is 0.131. The van der Waals surface area contributed by atoms with Crippen LogP contribution >= 0.6 is 11.6 Å². The lowest BCUT2D eigenvalue weighted by Gasteiger charge is -2.20. The van der Waals surface area contributed by atoms with Gasteiger partial charge in [-0.15, -0.1) is 0 Å². The van der Waals surface area contributed by atoms with Crippen LogP contribution in [-0.4, -0.2) is 32.1 Å². The lowest BCUT2D eigenvalue weighted by Crippen LogP contribution is -2.26. The van der Waals surface area contributed by atoms with Gasteiger partial charge in [0.1, 0.15) is 5.75 Å². The number of hydrogen-bond donors (Lipinski definition) is 0. The molecule has 2 rings (SSSR count). The third kappa shape index (κ3) is 3.47. The highest BCUT2D eigenvalue weighted by molar-refractivity contribution is 6.31. The highest BCUT2D eigenvalue weighted by atomic mass is 35.5. The highest BCUT2D eigenvalue weighted by Crippen LogP contribution is 2.35. The summed E-state index contributed by atoms with van der Waals surface area (Å²) in [5.74, 6) is -0.349. The molecule has 0 aromatic heterocycles. The number of carbonyl (C=O) groups is 2. The van der Waals surface area contributed by atoms with Gasteiger partial charge in [-0.05, 0) is 24.6 Å². The number of anilines is 1. The molecule has 1 aliphatic rings. The summed E-state index contributed by atoms with van der Waals surface area (Å²) >= 11 is 6.02. The summed E-state index contributed by atoms with van der Waals surface area (Å²) in [7, 11) is 1.32. The van der Waals surface area contributed by atoms with Crippen molar-refractivity contribution < 1.29 is 19.1 Å². The molecular weight excluding hydrogens is 294 g/mol. The molecule has 1 aromatic rings. The van der Waals surface area contributed by atoms with Gasteiger partial charge in [-0.1, -0.05) is 18.5 Å². The SMILES string of the molecule is CCCOc1ccc(Cl)cc1N1CC(C(=O)OC)CC1=O. The molecule has 5 nitrogen and oxygen atoms in total. The van der Waals surface area contributed by atoms with Crippen LogP contribution in [0.4, 0.5) is 5.69 Å². The van der Waals surface area contributed by atoms with Crippen molar-refractivity contribution in [1.29, 1.82) is 0 Å². The zero-order valence-electron chi connectivity index (χ0n) is 12.1. The molecule has 6 heteroatoms. The average molecular weight is 312 g/mol. The monoisotopic (exact) mass is 311 g/mol. The number of hydrogen-bond acceptors (Lipinski definition) is 4. The third-order valence-electron chi connectivity index (χ3n) is 3.33. The Morgan fingerprint density at radius 2 is 2.24 bits per heavy atom. The quantitative estimate of drug-likeness (QED) is 0.784. The molecule has 0 radical (unpaired) electrons. The number of benzene rings is 1. The van der Waals surface area contributed by atoms with Crippen LogP contribution in [0.1, 0.15) is 19.8 Å². The first-order valence-electron chi connectivity index (χ1n) is 6.87. The van der Waals surface area contributed by atoms with Crippen LogP contribution in [0.25, 0.3) is 0 Å². The molecule has 21 heavy (non-hydrogen) atoms. The Labute approximate surface area is 128 Å². The molecule has 1 fully saturated rings. The van der Waals surface area contributed by atoms with Crippen molar-refractivity contribution in [3.63, 3.8) is 0 Å². The van der Waals surface area contributed by atoms with E-state index in [0.29, 0.717) is 23.1 Å². The van der Waals surface area contributed by atoms with Crippen LogP contribution in [0.2, 0.25) is 5.02 Å². The number of rotatable bonds is 5. The van der Waals surface area contributed by atoms with E-state index in [-0.39, 0.29) is 24.8 Å². The molecule has 0 bridgehead atoms. The normalized spacial score (nSPS) is 18.0. The van der Waals surface area contributed by atoms with Crippen LogP contribution in [0, 0.1) is 5.92 Å². The maximum absolute atomic E-state index is 12.2. The van der Waals surface area contributed by atoms with Gasteiger partial charge in [0.25, 0.3) is 0 Å². The second-order valence-corrected chi connectivity index (χ2v) is 5.33. The summed E-state index contributed by atoms with van der Waals surface area (Å²) in [6, 6.07) is 5.14. The van der Waals surface area contributed by atoms with Gasteiger partial charge in [0.05, 0.1) is 25.3 Å². The van der Waals surface area contributed by atoms with Gasteiger partial charge in [-0.2, -0.15) is 0 Å². The fourth-order valence-electron chi connectivity index (χ4n) is 2.30. The maximum Gasteiger partial charge on any atom is 0.311 e. The average Bonchev–Trinajstić information content (AvgIpc) is 2.87. The Bertz CT molecular complexity index is 546. The second-order valence-electron chi connectivity index (χ2n) is 4.89. The van der Waals surface area contributed by atoms with E-state index in [1.165, 1.54) is 7.11 Å². The largest absolute Gasteiger partial charge is 0.491 e. The minimum Gasteiger partial charge on any atom is -0.491 e. The van der Waals surface area contributed by atoms with E-state index in [1.54, 1.807) is 23.1 Å². The third-order valence-corrected chi connectivity index (χ3v) is 3.57. The highest BCUT2D eigenvalue weighted by Gasteiger charge is 2.37. The van der Waals surface area contributed by atoms with Crippen molar-refractivity contribution in [3.8, 4) is 5.75 Å². The fourth-order valence-corrected chi connectivity index (χ4v) is 2.47. The second kappa shape index (κ2) is 6.80. The van der Waals surface area contributed by atoms with Gasteiger partial charge in [-0.25, -0.2) is 0 Å². The first-order chi connectivity index (χ1) is 10.1. The van der Waals surface area contributed by atoms with Gasteiger partial charge in [0.2, 0.25) is 5.91 Å². The zero-order chi connectivity index (χ0) is 15.4. The number of carbonyl (C=O) groups excluding carboxylic acids is 2. The first kappa shape index (κ1) is 15.6. The summed E-state index contributed by atoms with van der Waals surface area (Å²) in [4.78, 5) is 25.3. The fraction of sp³-hybridized carbons (Fsp3) is 0.467. The van der Waals surface area contributed by atoms with E-state index in [2.05, 4.69) is 0 Å². The Hall–Kier alpha value is -1.75. The Balaban J connectivity index is 2.26. The van der Waals surface area contributed by atoms with E-state index in [4.69, 9.17) is 21.1 Å². The van der Waals surface area contributed by atoms with Gasteiger partial charge in [-0.3, -0.25) is 9.59 Å². The van der Waals surface area contributed by atoms with Gasteiger partial charge in [0, 0.05) is 18.0 Å². The molecule has 1 saturated heterocycles. The Morgan fingerprint density at radius 1 is 1.48 bits per heavy atom. The van der Waals surface area contributed by atoms with Crippen LogP contribution < -0.4 is 9.64 Å². The van der Waals surface area contributed by atoms with Gasteiger partial charge < -0.3 is 14.4 Å². The Morgan fingerprint density at radius 3 is 2.90 bits per heavy atom. The lowest BCUT2D eigenvalue weighted by atomic mass is 10.1. The molecule has 1 heterocycles. The van der Waals surface area contributed by atoms with E-state index in [9.17, 15) is 9.59 Å². The number of nitrogens with zero attached hydrogens (tertiary/aromatic N) is 1. The van der Waals surface area contributed by atoms with Crippen molar-refractivity contribution in [2.45, 2.75) is 19.8 Å². The van der Waals surface area contributed by atoms with Crippen LogP contribution in [0.15, 0.2) is 18.2 Å². The van der Waals surface area contributed by atoms with Crippen LogP contribution in [-0.2, 0) is 14.3 Å². The van der Waals surface area contributed by atoms with Crippen molar-refractivity contribution in [3.05, 3.63) is 23.2 Å². The first-order valence-corrected chi connectivity index (χ1v) is 7.25. The van der Waals surface area contributed by atoms with Crippen LogP contribution in [0.5, 0.6) is 5.75 Å². The maximum atomic E-state index is 12.2. The molecule has 0 saturated carbocycles. The van der Waals surface area contributed by atoms with E-state index >= 15 is 0 Å². The standard InChI is InChI=1S/C15H18ClNO4/c1-3-6-21-13-5-4-11(16)8-12(13)17-9-10(7-14(17)18)15(19)20-2/h4-5,8,10H,3,6-7,9H2,1-2H3. The molecule has 1 unspecified atom stereocenters. The van der Waals surface area contributed by atoms with Crippen molar-refractivity contribution in [2.75, 3.05) is 25.2 Å². The smallest absolute Gasteiger partial charge is 0.311 e. The summed E-state index contributed by atoms with van der Waals surface area (Å²) < 4.78 is 10.4.